The third kappa shape index (κ3) is 3.38. The van der Waals surface area contributed by atoms with Gasteiger partial charge in [-0.05, 0) is 25.1 Å². The molecule has 0 aliphatic heterocycles. The molecule has 0 fully saturated rings. The Morgan fingerprint density at radius 2 is 2.07 bits per heavy atom. The molecule has 0 saturated heterocycles. The monoisotopic (exact) mass is 366 g/mol. The summed E-state index contributed by atoms with van der Waals surface area (Å²) in [5, 5.41) is 21.1. The summed E-state index contributed by atoms with van der Waals surface area (Å²) < 4.78 is 10.5. The molecule has 3 N–H and O–H groups in total. The molecule has 4 aromatic rings. The fraction of sp³-hybridized carbons (Fsp3) is 0.125. The van der Waals surface area contributed by atoms with E-state index in [1.807, 2.05) is 6.07 Å². The van der Waals surface area contributed by atoms with Crippen molar-refractivity contribution in [3.63, 3.8) is 0 Å². The van der Waals surface area contributed by atoms with Crippen LogP contribution in [0.5, 0.6) is 11.8 Å². The number of hydrogen-bond donors (Lipinski definition) is 3. The number of benzene rings is 1. The van der Waals surface area contributed by atoms with Crippen molar-refractivity contribution in [1.29, 1.82) is 0 Å². The van der Waals surface area contributed by atoms with E-state index in [2.05, 4.69) is 40.9 Å². The standard InChI is InChI=1S/C16H14N8O3/c1-8-14(23-24-21-8)19-13-6-12(15(25)26-2)18-16(20-13)27-10-3-4-11-9(5-10)7-17-22-11/h3-7H,1-2H3,(H,17,22)(H2,18,19,20,21,23,24). The first-order valence-corrected chi connectivity index (χ1v) is 7.85. The molecule has 0 bridgehead atoms. The van der Waals surface area contributed by atoms with Crippen molar-refractivity contribution in [3.8, 4) is 11.8 Å². The number of aromatic amines is 2. The van der Waals surface area contributed by atoms with Crippen molar-refractivity contribution in [2.24, 2.45) is 0 Å². The average molecular weight is 366 g/mol. The lowest BCUT2D eigenvalue weighted by Gasteiger charge is -2.09. The predicted octanol–water partition coefficient (Wildman–Crippen LogP) is 2.10. The molecule has 0 aliphatic carbocycles. The fourth-order valence-electron chi connectivity index (χ4n) is 2.36. The third-order valence-corrected chi connectivity index (χ3v) is 3.69. The van der Waals surface area contributed by atoms with Crippen LogP contribution in [0.25, 0.3) is 10.9 Å². The third-order valence-electron chi connectivity index (χ3n) is 3.69. The minimum Gasteiger partial charge on any atom is -0.464 e. The van der Waals surface area contributed by atoms with Crippen molar-refractivity contribution in [2.75, 3.05) is 12.4 Å². The number of H-pyrrole nitrogens is 2. The van der Waals surface area contributed by atoms with E-state index in [-0.39, 0.29) is 11.7 Å². The number of rotatable bonds is 5. The highest BCUT2D eigenvalue weighted by atomic mass is 16.5. The number of anilines is 2. The van der Waals surface area contributed by atoms with Gasteiger partial charge < -0.3 is 14.8 Å². The highest BCUT2D eigenvalue weighted by Crippen LogP contribution is 2.25. The number of carbonyl (C=O) groups excluding carboxylic acids is 1. The molecule has 0 aliphatic rings. The molecule has 136 valence electrons. The lowest BCUT2D eigenvalue weighted by atomic mass is 10.2. The van der Waals surface area contributed by atoms with Crippen LogP contribution >= 0.6 is 0 Å². The minimum absolute atomic E-state index is 0.0237. The van der Waals surface area contributed by atoms with Crippen LogP contribution in [0.15, 0.2) is 30.5 Å². The second-order valence-electron chi connectivity index (χ2n) is 5.52. The SMILES string of the molecule is COC(=O)c1cc(Nc2n[nH]nc2C)nc(Oc2ccc3[nH]ncc3c2)n1. The molecule has 0 amide bonds. The molecule has 0 spiro atoms. The number of carbonyl (C=O) groups is 1. The summed E-state index contributed by atoms with van der Waals surface area (Å²) in [7, 11) is 1.27. The van der Waals surface area contributed by atoms with Crippen molar-refractivity contribution >= 4 is 28.5 Å². The van der Waals surface area contributed by atoms with Gasteiger partial charge in [-0.1, -0.05) is 0 Å². The van der Waals surface area contributed by atoms with Gasteiger partial charge in [-0.2, -0.15) is 25.4 Å². The number of nitrogens with zero attached hydrogens (tertiary/aromatic N) is 5. The van der Waals surface area contributed by atoms with E-state index in [0.29, 0.717) is 23.1 Å². The zero-order valence-corrected chi connectivity index (χ0v) is 14.3. The van der Waals surface area contributed by atoms with Gasteiger partial charge in [0.25, 0.3) is 0 Å². The number of aromatic nitrogens is 7. The Kier molecular flexibility index (Phi) is 4.09. The summed E-state index contributed by atoms with van der Waals surface area (Å²) in [6.07, 6.45) is 1.67. The molecule has 0 atom stereocenters. The molecule has 1 aromatic carbocycles. The summed E-state index contributed by atoms with van der Waals surface area (Å²) in [5.41, 5.74) is 1.55. The van der Waals surface area contributed by atoms with Crippen LogP contribution in [0.3, 0.4) is 0 Å². The zero-order chi connectivity index (χ0) is 18.8. The van der Waals surface area contributed by atoms with Crippen LogP contribution in [-0.2, 0) is 4.74 Å². The molecule has 11 heteroatoms. The Balaban J connectivity index is 1.68. The maximum atomic E-state index is 11.9. The maximum absolute atomic E-state index is 11.9. The molecular weight excluding hydrogens is 352 g/mol. The number of nitrogens with one attached hydrogen (secondary N) is 3. The predicted molar refractivity (Wildman–Crippen MR) is 93.9 cm³/mol. The van der Waals surface area contributed by atoms with Crippen LogP contribution < -0.4 is 10.1 Å². The first kappa shape index (κ1) is 16.4. The Morgan fingerprint density at radius 1 is 1.19 bits per heavy atom. The van der Waals surface area contributed by atoms with Crippen LogP contribution in [0.4, 0.5) is 11.6 Å². The molecule has 27 heavy (non-hydrogen) atoms. The molecule has 11 nitrogen and oxygen atoms in total. The zero-order valence-electron chi connectivity index (χ0n) is 14.3. The van der Waals surface area contributed by atoms with E-state index in [4.69, 9.17) is 9.47 Å². The Morgan fingerprint density at radius 3 is 2.85 bits per heavy atom. The first-order valence-electron chi connectivity index (χ1n) is 7.85. The van der Waals surface area contributed by atoms with Crippen molar-refractivity contribution in [3.05, 3.63) is 41.9 Å². The normalized spacial score (nSPS) is 10.7. The molecule has 0 radical (unpaired) electrons. The van der Waals surface area contributed by atoms with E-state index >= 15 is 0 Å². The van der Waals surface area contributed by atoms with Crippen molar-refractivity contribution < 1.29 is 14.3 Å². The molecule has 0 unspecified atom stereocenters. The quantitative estimate of drug-likeness (QED) is 0.452. The second kappa shape index (κ2) is 6.71. The number of fused-ring (bicyclic) bond motifs is 1. The van der Waals surface area contributed by atoms with Crippen LogP contribution in [0, 0.1) is 6.92 Å². The molecule has 3 aromatic heterocycles. The molecular formula is C16H14N8O3. The highest BCUT2D eigenvalue weighted by molar-refractivity contribution is 5.88. The lowest BCUT2D eigenvalue weighted by Crippen LogP contribution is -2.08. The van der Waals surface area contributed by atoms with Crippen LogP contribution in [0.2, 0.25) is 0 Å². The van der Waals surface area contributed by atoms with Crippen LogP contribution in [0.1, 0.15) is 16.2 Å². The van der Waals surface area contributed by atoms with Crippen LogP contribution in [-0.4, -0.2) is 48.7 Å². The van der Waals surface area contributed by atoms with E-state index in [1.165, 1.54) is 13.2 Å². The molecule has 3 heterocycles. The van der Waals surface area contributed by atoms with Gasteiger partial charge in [-0.3, -0.25) is 5.10 Å². The number of methoxy groups -OCH3 is 1. The number of hydrogen-bond acceptors (Lipinski definition) is 9. The average Bonchev–Trinajstić information content (AvgIpc) is 3.29. The first-order chi connectivity index (χ1) is 13.1. The summed E-state index contributed by atoms with van der Waals surface area (Å²) in [4.78, 5) is 20.3. The number of ether oxygens (including phenoxy) is 2. The van der Waals surface area contributed by atoms with Gasteiger partial charge in [0.1, 0.15) is 17.3 Å². The van der Waals surface area contributed by atoms with E-state index < -0.39 is 5.97 Å². The van der Waals surface area contributed by atoms with Crippen molar-refractivity contribution in [2.45, 2.75) is 6.92 Å². The van der Waals surface area contributed by atoms with Crippen molar-refractivity contribution in [1.82, 2.24) is 35.6 Å². The van der Waals surface area contributed by atoms with Gasteiger partial charge in [0.15, 0.2) is 11.5 Å². The summed E-state index contributed by atoms with van der Waals surface area (Å²) in [6.45, 7) is 1.77. The molecule has 0 saturated carbocycles. The van der Waals surface area contributed by atoms with E-state index in [1.54, 1.807) is 25.3 Å². The van der Waals surface area contributed by atoms with E-state index in [0.717, 1.165) is 10.9 Å². The Bertz CT molecular complexity index is 1120. The van der Waals surface area contributed by atoms with Gasteiger partial charge in [0.05, 0.1) is 18.8 Å². The number of aryl methyl sites for hydroxylation is 1. The van der Waals surface area contributed by atoms with Gasteiger partial charge >= 0.3 is 12.0 Å². The van der Waals surface area contributed by atoms with Gasteiger partial charge in [0.2, 0.25) is 0 Å². The lowest BCUT2D eigenvalue weighted by molar-refractivity contribution is 0.0593. The smallest absolute Gasteiger partial charge is 0.356 e. The largest absolute Gasteiger partial charge is 0.464 e. The summed E-state index contributed by atoms with van der Waals surface area (Å²) in [6, 6.07) is 6.75. The number of esters is 1. The topological polar surface area (TPSA) is 144 Å². The van der Waals surface area contributed by atoms with Gasteiger partial charge in [-0.15, -0.1) is 5.10 Å². The Hall–Kier alpha value is -4.02. The fourth-order valence-corrected chi connectivity index (χ4v) is 2.36. The van der Waals surface area contributed by atoms with Gasteiger partial charge in [0, 0.05) is 11.5 Å². The second-order valence-corrected chi connectivity index (χ2v) is 5.52. The highest BCUT2D eigenvalue weighted by Gasteiger charge is 2.15. The summed E-state index contributed by atoms with van der Waals surface area (Å²) in [5.74, 6) is 0.652. The van der Waals surface area contributed by atoms with Gasteiger partial charge in [-0.25, -0.2) is 4.79 Å². The van der Waals surface area contributed by atoms with E-state index in [9.17, 15) is 4.79 Å². The summed E-state index contributed by atoms with van der Waals surface area (Å²) >= 11 is 0. The maximum Gasteiger partial charge on any atom is 0.356 e. The Labute approximate surface area is 152 Å². The molecule has 4 rings (SSSR count). The minimum atomic E-state index is -0.618.